The van der Waals surface area contributed by atoms with Crippen molar-refractivity contribution < 1.29 is 17.6 Å². The van der Waals surface area contributed by atoms with Crippen LogP contribution in [0.4, 0.5) is 28.9 Å². The van der Waals surface area contributed by atoms with E-state index in [1.807, 2.05) is 0 Å². The number of rotatable bonds is 3. The van der Waals surface area contributed by atoms with E-state index in [1.54, 1.807) is 0 Å². The molecule has 0 radical (unpaired) electrons. The molecule has 1 aromatic carbocycles. The van der Waals surface area contributed by atoms with Crippen molar-refractivity contribution in [1.82, 2.24) is 4.98 Å². The van der Waals surface area contributed by atoms with E-state index < -0.39 is 17.7 Å². The lowest BCUT2D eigenvalue weighted by Gasteiger charge is -2.10. The molecule has 0 spiro atoms. The Bertz CT molecular complexity index is 668. The lowest BCUT2D eigenvalue weighted by atomic mass is 10.2. The van der Waals surface area contributed by atoms with Gasteiger partial charge in [0.1, 0.15) is 16.5 Å². The van der Waals surface area contributed by atoms with E-state index in [4.69, 9.17) is 18.0 Å². The summed E-state index contributed by atoms with van der Waals surface area (Å²) in [7, 11) is 0. The number of nitrogens with zero attached hydrogens (tertiary/aromatic N) is 1. The standard InChI is InChI=1S/C13H9F4N3S/c14-9-5-7(12(18)21)1-3-10(9)20-8-2-4-11(19-6-8)13(15,16)17/h1-6,20H,(H2,18,21). The smallest absolute Gasteiger partial charge is 0.389 e. The number of hydrogen-bond acceptors (Lipinski definition) is 3. The Balaban J connectivity index is 2.20. The molecule has 2 aromatic rings. The van der Waals surface area contributed by atoms with Crippen LogP contribution in [-0.2, 0) is 6.18 Å². The normalized spacial score (nSPS) is 11.2. The lowest BCUT2D eigenvalue weighted by Crippen LogP contribution is -2.10. The summed E-state index contributed by atoms with van der Waals surface area (Å²) in [5.74, 6) is -0.625. The molecule has 0 aliphatic heterocycles. The highest BCUT2D eigenvalue weighted by molar-refractivity contribution is 7.80. The van der Waals surface area contributed by atoms with E-state index in [2.05, 4.69) is 10.3 Å². The Kier molecular flexibility index (Phi) is 4.08. The van der Waals surface area contributed by atoms with Crippen molar-refractivity contribution in [3.8, 4) is 0 Å². The van der Waals surface area contributed by atoms with Gasteiger partial charge < -0.3 is 11.1 Å². The summed E-state index contributed by atoms with van der Waals surface area (Å²) in [6.45, 7) is 0. The fraction of sp³-hybridized carbons (Fsp3) is 0.0769. The van der Waals surface area contributed by atoms with Gasteiger partial charge in [0.2, 0.25) is 0 Å². The first-order valence-corrected chi connectivity index (χ1v) is 6.08. The Hall–Kier alpha value is -2.22. The first-order chi connectivity index (χ1) is 9.77. The number of aromatic nitrogens is 1. The van der Waals surface area contributed by atoms with Gasteiger partial charge in [-0.3, -0.25) is 0 Å². The zero-order chi connectivity index (χ0) is 15.6. The third-order valence-electron chi connectivity index (χ3n) is 2.59. The molecular formula is C13H9F4N3S. The number of benzene rings is 1. The fourth-order valence-corrected chi connectivity index (χ4v) is 1.69. The molecule has 1 heterocycles. The van der Waals surface area contributed by atoms with Crippen molar-refractivity contribution in [3.63, 3.8) is 0 Å². The molecule has 0 fully saturated rings. The van der Waals surface area contributed by atoms with Crippen molar-refractivity contribution in [2.45, 2.75) is 6.18 Å². The summed E-state index contributed by atoms with van der Waals surface area (Å²) in [6.07, 6.45) is -3.54. The van der Waals surface area contributed by atoms with E-state index in [9.17, 15) is 17.6 Å². The van der Waals surface area contributed by atoms with E-state index in [0.717, 1.165) is 24.4 Å². The Morgan fingerprint density at radius 1 is 1.19 bits per heavy atom. The minimum Gasteiger partial charge on any atom is -0.389 e. The quantitative estimate of drug-likeness (QED) is 0.671. The van der Waals surface area contributed by atoms with Gasteiger partial charge in [-0.2, -0.15) is 13.2 Å². The minimum absolute atomic E-state index is 0.0525. The molecule has 3 nitrogen and oxygen atoms in total. The predicted octanol–water partition coefficient (Wildman–Crippen LogP) is 3.62. The molecule has 3 N–H and O–H groups in total. The van der Waals surface area contributed by atoms with E-state index >= 15 is 0 Å². The van der Waals surface area contributed by atoms with Crippen molar-refractivity contribution in [2.24, 2.45) is 5.73 Å². The Morgan fingerprint density at radius 3 is 2.38 bits per heavy atom. The van der Waals surface area contributed by atoms with Crippen molar-refractivity contribution in [3.05, 3.63) is 53.6 Å². The average Bonchev–Trinajstić information content (AvgIpc) is 2.40. The van der Waals surface area contributed by atoms with Gasteiger partial charge >= 0.3 is 6.18 Å². The van der Waals surface area contributed by atoms with Crippen LogP contribution in [0.25, 0.3) is 0 Å². The summed E-state index contributed by atoms with van der Waals surface area (Å²) in [4.78, 5) is 3.32. The van der Waals surface area contributed by atoms with Crippen LogP contribution in [-0.4, -0.2) is 9.97 Å². The van der Waals surface area contributed by atoms with Crippen molar-refractivity contribution >= 4 is 28.6 Å². The maximum atomic E-state index is 13.8. The van der Waals surface area contributed by atoms with Gasteiger partial charge in [0.05, 0.1) is 17.6 Å². The van der Waals surface area contributed by atoms with E-state index in [-0.39, 0.29) is 16.4 Å². The van der Waals surface area contributed by atoms with Gasteiger partial charge in [0.15, 0.2) is 0 Å². The fourth-order valence-electron chi connectivity index (χ4n) is 1.56. The molecule has 8 heteroatoms. The molecule has 110 valence electrons. The summed E-state index contributed by atoms with van der Waals surface area (Å²) >= 11 is 4.72. The number of nitrogens with one attached hydrogen (secondary N) is 1. The van der Waals surface area contributed by atoms with Gasteiger partial charge in [-0.05, 0) is 30.3 Å². The highest BCUT2D eigenvalue weighted by Gasteiger charge is 2.32. The van der Waals surface area contributed by atoms with Gasteiger partial charge in [-0.25, -0.2) is 9.37 Å². The number of halogens is 4. The molecule has 0 atom stereocenters. The summed E-state index contributed by atoms with van der Waals surface area (Å²) < 4.78 is 50.9. The SMILES string of the molecule is NC(=S)c1ccc(Nc2ccc(C(F)(F)F)nc2)c(F)c1. The second-order valence-electron chi connectivity index (χ2n) is 4.11. The molecule has 0 amide bonds. The second kappa shape index (κ2) is 5.65. The molecule has 1 aromatic heterocycles. The van der Waals surface area contributed by atoms with Gasteiger partial charge in [0.25, 0.3) is 0 Å². The predicted molar refractivity (Wildman–Crippen MR) is 74.8 cm³/mol. The highest BCUT2D eigenvalue weighted by atomic mass is 32.1. The van der Waals surface area contributed by atoms with E-state index in [0.29, 0.717) is 5.56 Å². The monoisotopic (exact) mass is 315 g/mol. The number of hydrogen-bond donors (Lipinski definition) is 2. The molecule has 0 saturated heterocycles. The van der Waals surface area contributed by atoms with E-state index in [1.165, 1.54) is 12.1 Å². The van der Waals surface area contributed by atoms with Crippen LogP contribution in [0, 0.1) is 5.82 Å². The minimum atomic E-state index is -4.51. The van der Waals surface area contributed by atoms with Crippen LogP contribution in [0.5, 0.6) is 0 Å². The average molecular weight is 315 g/mol. The number of alkyl halides is 3. The van der Waals surface area contributed by atoms with Crippen LogP contribution in [0.3, 0.4) is 0 Å². The van der Waals surface area contributed by atoms with Crippen LogP contribution in [0.2, 0.25) is 0 Å². The van der Waals surface area contributed by atoms with Crippen molar-refractivity contribution in [1.29, 1.82) is 0 Å². The van der Waals surface area contributed by atoms with Gasteiger partial charge in [-0.1, -0.05) is 12.2 Å². The van der Waals surface area contributed by atoms with Crippen LogP contribution < -0.4 is 11.1 Å². The molecule has 0 unspecified atom stereocenters. The Labute approximate surface area is 122 Å². The first kappa shape index (κ1) is 15.2. The lowest BCUT2D eigenvalue weighted by molar-refractivity contribution is -0.141. The van der Waals surface area contributed by atoms with Crippen molar-refractivity contribution in [2.75, 3.05) is 5.32 Å². The molecule has 0 aliphatic rings. The van der Waals surface area contributed by atoms with Gasteiger partial charge in [0, 0.05) is 5.56 Å². The third-order valence-corrected chi connectivity index (χ3v) is 2.82. The zero-order valence-electron chi connectivity index (χ0n) is 10.4. The summed E-state index contributed by atoms with van der Waals surface area (Å²) in [5, 5.41) is 2.63. The number of thiocarbonyl (C=S) groups is 1. The van der Waals surface area contributed by atoms with Crippen LogP contribution in [0.15, 0.2) is 36.5 Å². The maximum absolute atomic E-state index is 13.8. The summed E-state index contributed by atoms with van der Waals surface area (Å²) in [5.41, 5.74) is 5.02. The first-order valence-electron chi connectivity index (χ1n) is 5.67. The highest BCUT2D eigenvalue weighted by Crippen LogP contribution is 2.28. The molecule has 2 rings (SSSR count). The molecule has 0 saturated carbocycles. The summed E-state index contributed by atoms with van der Waals surface area (Å²) in [6, 6.07) is 6.01. The maximum Gasteiger partial charge on any atom is 0.433 e. The number of anilines is 2. The molecule has 21 heavy (non-hydrogen) atoms. The zero-order valence-corrected chi connectivity index (χ0v) is 11.2. The Morgan fingerprint density at radius 2 is 1.90 bits per heavy atom. The van der Waals surface area contributed by atoms with Gasteiger partial charge in [-0.15, -0.1) is 0 Å². The van der Waals surface area contributed by atoms with Crippen LogP contribution in [0.1, 0.15) is 11.3 Å². The number of nitrogens with two attached hydrogens (primary N) is 1. The second-order valence-corrected chi connectivity index (χ2v) is 4.55. The van der Waals surface area contributed by atoms with Crippen LogP contribution >= 0.6 is 12.2 Å². The molecule has 0 bridgehead atoms. The molecule has 0 aliphatic carbocycles. The third kappa shape index (κ3) is 3.66. The topological polar surface area (TPSA) is 50.9 Å². The molecular weight excluding hydrogens is 306 g/mol. The largest absolute Gasteiger partial charge is 0.433 e. The number of pyridine rings is 1.